The Kier molecular flexibility index (Phi) is 3.30. The predicted molar refractivity (Wildman–Crippen MR) is 71.8 cm³/mol. The number of hydrogen-bond donors (Lipinski definition) is 0. The molecule has 84 valence electrons. The zero-order valence-corrected chi connectivity index (χ0v) is 11.4. The first-order chi connectivity index (χ1) is 7.33. The van der Waals surface area contributed by atoms with E-state index in [4.69, 9.17) is 4.74 Å². The first-order valence-corrected chi connectivity index (χ1v) is 5.89. The number of aryl methyl sites for hydroxylation is 1. The Labute approximate surface area is 109 Å². The van der Waals surface area contributed by atoms with Crippen LogP contribution in [0, 0.1) is 6.92 Å². The van der Waals surface area contributed by atoms with Gasteiger partial charge >= 0.3 is 0 Å². The van der Waals surface area contributed by atoms with Crippen molar-refractivity contribution in [2.45, 2.75) is 13.3 Å². The quantitative estimate of drug-likeness (QED) is 0.802. The third-order valence-electron chi connectivity index (χ3n) is 2.60. The highest BCUT2D eigenvalue weighted by Crippen LogP contribution is 2.30. The molecule has 0 N–H and O–H groups in total. The molecular weight excluding hydrogens is 286 g/mol. The molecule has 0 aliphatic carbocycles. The van der Waals surface area contributed by atoms with Crippen molar-refractivity contribution in [3.63, 3.8) is 0 Å². The minimum absolute atomic E-state index is 0. The number of aromatic nitrogens is 1. The van der Waals surface area contributed by atoms with Crippen LogP contribution < -0.4 is 4.74 Å². The molecule has 2 heterocycles. The SMILES string of the molecule is Br.Cc1nc(-c2ccc3c(c2)CCO3)cs1. The fourth-order valence-corrected chi connectivity index (χ4v) is 2.46. The highest BCUT2D eigenvalue weighted by molar-refractivity contribution is 8.93. The molecule has 1 aromatic heterocycles. The molecular formula is C12H12BrNOS. The van der Waals surface area contributed by atoms with Gasteiger partial charge in [-0.1, -0.05) is 0 Å². The molecule has 0 saturated carbocycles. The number of hydrogen-bond acceptors (Lipinski definition) is 3. The second-order valence-electron chi connectivity index (χ2n) is 3.67. The monoisotopic (exact) mass is 297 g/mol. The zero-order valence-electron chi connectivity index (χ0n) is 8.90. The molecule has 1 aliphatic heterocycles. The van der Waals surface area contributed by atoms with Crippen LogP contribution in [0.4, 0.5) is 0 Å². The maximum absolute atomic E-state index is 5.48. The van der Waals surface area contributed by atoms with Gasteiger partial charge in [-0.05, 0) is 30.7 Å². The molecule has 4 heteroatoms. The fraction of sp³-hybridized carbons (Fsp3) is 0.250. The minimum Gasteiger partial charge on any atom is -0.493 e. The van der Waals surface area contributed by atoms with Crippen molar-refractivity contribution >= 4 is 28.3 Å². The van der Waals surface area contributed by atoms with Crippen LogP contribution in [0.1, 0.15) is 10.6 Å². The van der Waals surface area contributed by atoms with Crippen LogP contribution in [0.2, 0.25) is 0 Å². The van der Waals surface area contributed by atoms with Crippen LogP contribution in [0.15, 0.2) is 23.6 Å². The third-order valence-corrected chi connectivity index (χ3v) is 3.38. The van der Waals surface area contributed by atoms with Crippen molar-refractivity contribution in [2.75, 3.05) is 6.61 Å². The number of rotatable bonds is 1. The Morgan fingerprint density at radius 1 is 1.38 bits per heavy atom. The maximum Gasteiger partial charge on any atom is 0.122 e. The Bertz CT molecular complexity index is 509. The van der Waals surface area contributed by atoms with Crippen molar-refractivity contribution in [2.24, 2.45) is 0 Å². The van der Waals surface area contributed by atoms with E-state index in [9.17, 15) is 0 Å². The molecule has 0 saturated heterocycles. The van der Waals surface area contributed by atoms with E-state index in [1.165, 1.54) is 11.1 Å². The van der Waals surface area contributed by atoms with Gasteiger partial charge in [0.15, 0.2) is 0 Å². The van der Waals surface area contributed by atoms with E-state index in [0.717, 1.165) is 29.5 Å². The van der Waals surface area contributed by atoms with E-state index in [1.807, 2.05) is 13.0 Å². The zero-order chi connectivity index (χ0) is 10.3. The molecule has 1 aromatic carbocycles. The van der Waals surface area contributed by atoms with Gasteiger partial charge in [0.05, 0.1) is 17.3 Å². The molecule has 2 nitrogen and oxygen atoms in total. The number of benzene rings is 1. The highest BCUT2D eigenvalue weighted by atomic mass is 79.9. The molecule has 0 spiro atoms. The van der Waals surface area contributed by atoms with Gasteiger partial charge in [0.2, 0.25) is 0 Å². The molecule has 0 bridgehead atoms. The summed E-state index contributed by atoms with van der Waals surface area (Å²) in [5, 5.41) is 3.22. The summed E-state index contributed by atoms with van der Waals surface area (Å²) in [4.78, 5) is 4.48. The van der Waals surface area contributed by atoms with E-state index >= 15 is 0 Å². The van der Waals surface area contributed by atoms with Gasteiger partial charge in [0.1, 0.15) is 5.75 Å². The summed E-state index contributed by atoms with van der Waals surface area (Å²) in [6.07, 6.45) is 1.02. The Morgan fingerprint density at radius 2 is 2.25 bits per heavy atom. The summed E-state index contributed by atoms with van der Waals surface area (Å²) in [6.45, 7) is 2.85. The summed E-state index contributed by atoms with van der Waals surface area (Å²) < 4.78 is 5.48. The van der Waals surface area contributed by atoms with Crippen LogP contribution in [0.5, 0.6) is 5.75 Å². The minimum atomic E-state index is 0. The second-order valence-corrected chi connectivity index (χ2v) is 4.73. The largest absolute Gasteiger partial charge is 0.493 e. The van der Waals surface area contributed by atoms with Crippen LogP contribution >= 0.6 is 28.3 Å². The fourth-order valence-electron chi connectivity index (χ4n) is 1.84. The van der Waals surface area contributed by atoms with Crippen molar-refractivity contribution in [3.05, 3.63) is 34.2 Å². The van der Waals surface area contributed by atoms with Crippen LogP contribution in [0.25, 0.3) is 11.3 Å². The van der Waals surface area contributed by atoms with Crippen molar-refractivity contribution < 1.29 is 4.74 Å². The third kappa shape index (κ3) is 1.99. The standard InChI is InChI=1S/C12H11NOS.BrH/c1-8-13-11(7-15-8)9-2-3-12-10(6-9)4-5-14-12;/h2-3,6-7H,4-5H2,1H3;1H. The second kappa shape index (κ2) is 4.55. The van der Waals surface area contributed by atoms with Crippen LogP contribution in [-0.4, -0.2) is 11.6 Å². The first-order valence-electron chi connectivity index (χ1n) is 5.01. The first kappa shape index (κ1) is 11.6. The summed E-state index contributed by atoms with van der Waals surface area (Å²) in [5.74, 6) is 1.03. The average Bonchev–Trinajstić information content (AvgIpc) is 2.84. The lowest BCUT2D eigenvalue weighted by atomic mass is 10.1. The molecule has 0 atom stereocenters. The van der Waals surface area contributed by atoms with E-state index in [0.29, 0.717) is 0 Å². The summed E-state index contributed by atoms with van der Waals surface area (Å²) >= 11 is 1.69. The van der Waals surface area contributed by atoms with Gasteiger partial charge in [0.25, 0.3) is 0 Å². The molecule has 2 aromatic rings. The van der Waals surface area contributed by atoms with E-state index in [1.54, 1.807) is 11.3 Å². The Hall–Kier alpha value is -0.870. The Morgan fingerprint density at radius 3 is 3.00 bits per heavy atom. The average molecular weight is 298 g/mol. The predicted octanol–water partition coefficient (Wildman–Crippen LogP) is 3.63. The van der Waals surface area contributed by atoms with Crippen molar-refractivity contribution in [1.82, 2.24) is 4.98 Å². The summed E-state index contributed by atoms with van der Waals surface area (Å²) in [6, 6.07) is 6.32. The topological polar surface area (TPSA) is 22.1 Å². The molecule has 3 rings (SSSR count). The van der Waals surface area contributed by atoms with E-state index in [-0.39, 0.29) is 17.0 Å². The Balaban J connectivity index is 0.000000963. The lowest BCUT2D eigenvalue weighted by molar-refractivity contribution is 0.357. The molecule has 0 fully saturated rings. The lowest BCUT2D eigenvalue weighted by Gasteiger charge is -2.00. The number of halogens is 1. The normalized spacial score (nSPS) is 12.8. The number of thiazole rings is 1. The molecule has 0 unspecified atom stereocenters. The van der Waals surface area contributed by atoms with Gasteiger partial charge < -0.3 is 4.74 Å². The van der Waals surface area contributed by atoms with Crippen LogP contribution in [-0.2, 0) is 6.42 Å². The van der Waals surface area contributed by atoms with E-state index < -0.39 is 0 Å². The van der Waals surface area contributed by atoms with Gasteiger partial charge in [-0.15, -0.1) is 28.3 Å². The van der Waals surface area contributed by atoms with Crippen molar-refractivity contribution in [3.8, 4) is 17.0 Å². The van der Waals surface area contributed by atoms with Crippen LogP contribution in [0.3, 0.4) is 0 Å². The van der Waals surface area contributed by atoms with Gasteiger partial charge in [0, 0.05) is 17.4 Å². The summed E-state index contributed by atoms with van der Waals surface area (Å²) in [7, 11) is 0. The molecule has 1 aliphatic rings. The lowest BCUT2D eigenvalue weighted by Crippen LogP contribution is -1.85. The molecule has 16 heavy (non-hydrogen) atoms. The van der Waals surface area contributed by atoms with Gasteiger partial charge in [-0.2, -0.15) is 0 Å². The van der Waals surface area contributed by atoms with Gasteiger partial charge in [-0.3, -0.25) is 0 Å². The van der Waals surface area contributed by atoms with E-state index in [2.05, 4.69) is 22.5 Å². The maximum atomic E-state index is 5.48. The smallest absolute Gasteiger partial charge is 0.122 e. The number of nitrogens with zero attached hydrogens (tertiary/aromatic N) is 1. The number of fused-ring (bicyclic) bond motifs is 1. The highest BCUT2D eigenvalue weighted by Gasteiger charge is 2.13. The molecule has 0 radical (unpaired) electrons. The van der Waals surface area contributed by atoms with Gasteiger partial charge in [-0.25, -0.2) is 4.98 Å². The number of ether oxygens (including phenoxy) is 1. The van der Waals surface area contributed by atoms with Crippen molar-refractivity contribution in [1.29, 1.82) is 0 Å². The summed E-state index contributed by atoms with van der Waals surface area (Å²) in [5.41, 5.74) is 3.58. The molecule has 0 amide bonds.